The highest BCUT2D eigenvalue weighted by Crippen LogP contribution is 2.27. The molecule has 0 spiro atoms. The Morgan fingerprint density at radius 2 is 1.76 bits per heavy atom. The number of nitrogens with zero attached hydrogens (tertiary/aromatic N) is 2. The SMILES string of the molecule is Cc1cc(NC(=O)Nc2ccc(Cl)c(Cl)c2)n(-c2ccc(OC(F)(F)Cl)cc2)n1. The normalized spacial score (nSPS) is 11.2. The molecule has 2 N–H and O–H groups in total. The van der Waals surface area contributed by atoms with Crippen molar-refractivity contribution in [3.05, 3.63) is 64.3 Å². The van der Waals surface area contributed by atoms with Gasteiger partial charge >= 0.3 is 11.6 Å². The smallest absolute Gasteiger partial charge is 0.420 e. The van der Waals surface area contributed by atoms with E-state index in [4.69, 9.17) is 34.8 Å². The molecule has 29 heavy (non-hydrogen) atoms. The van der Waals surface area contributed by atoms with Gasteiger partial charge in [0.1, 0.15) is 11.6 Å². The van der Waals surface area contributed by atoms with Gasteiger partial charge in [-0.2, -0.15) is 5.10 Å². The van der Waals surface area contributed by atoms with Crippen LogP contribution in [0.25, 0.3) is 5.69 Å². The van der Waals surface area contributed by atoms with Crippen molar-refractivity contribution in [2.24, 2.45) is 0 Å². The molecule has 6 nitrogen and oxygen atoms in total. The number of urea groups is 1. The summed E-state index contributed by atoms with van der Waals surface area (Å²) in [6.45, 7) is 1.74. The van der Waals surface area contributed by atoms with Crippen molar-refractivity contribution in [1.29, 1.82) is 0 Å². The van der Waals surface area contributed by atoms with Crippen LogP contribution in [-0.2, 0) is 0 Å². The highest BCUT2D eigenvalue weighted by molar-refractivity contribution is 6.42. The Labute approximate surface area is 179 Å². The molecule has 0 radical (unpaired) electrons. The summed E-state index contributed by atoms with van der Waals surface area (Å²) in [6, 6.07) is 11.4. The molecule has 11 heteroatoms. The molecule has 3 aromatic rings. The lowest BCUT2D eigenvalue weighted by molar-refractivity contribution is -0.0964. The van der Waals surface area contributed by atoms with E-state index < -0.39 is 11.6 Å². The Balaban J connectivity index is 1.76. The summed E-state index contributed by atoms with van der Waals surface area (Å²) in [5.41, 5.74) is -2.22. The molecule has 1 aromatic heterocycles. The fourth-order valence-corrected chi connectivity index (χ4v) is 2.81. The maximum absolute atomic E-state index is 12.7. The van der Waals surface area contributed by atoms with Crippen LogP contribution in [0.3, 0.4) is 0 Å². The van der Waals surface area contributed by atoms with Crippen molar-refractivity contribution in [3.63, 3.8) is 0 Å². The maximum atomic E-state index is 12.7. The third-order valence-electron chi connectivity index (χ3n) is 3.57. The first-order chi connectivity index (χ1) is 13.6. The predicted molar refractivity (Wildman–Crippen MR) is 109 cm³/mol. The van der Waals surface area contributed by atoms with Gasteiger partial charge in [-0.1, -0.05) is 23.2 Å². The topological polar surface area (TPSA) is 68.2 Å². The molecule has 0 aliphatic carbocycles. The largest absolute Gasteiger partial charge is 0.487 e. The Kier molecular flexibility index (Phi) is 6.16. The van der Waals surface area contributed by atoms with E-state index in [1.807, 2.05) is 0 Å². The van der Waals surface area contributed by atoms with Crippen LogP contribution in [0.4, 0.5) is 25.1 Å². The molecular formula is C18H13Cl3F2N4O2. The van der Waals surface area contributed by atoms with E-state index in [0.29, 0.717) is 32.9 Å². The van der Waals surface area contributed by atoms with Gasteiger partial charge in [-0.25, -0.2) is 9.48 Å². The number of benzene rings is 2. The van der Waals surface area contributed by atoms with Gasteiger partial charge in [-0.3, -0.25) is 5.32 Å². The van der Waals surface area contributed by atoms with E-state index in [1.54, 1.807) is 25.1 Å². The minimum atomic E-state index is -3.81. The Morgan fingerprint density at radius 3 is 2.38 bits per heavy atom. The summed E-state index contributed by atoms with van der Waals surface area (Å²) < 4.78 is 31.2. The van der Waals surface area contributed by atoms with Crippen LogP contribution in [0.15, 0.2) is 48.5 Å². The first-order valence-electron chi connectivity index (χ1n) is 8.06. The highest BCUT2D eigenvalue weighted by Gasteiger charge is 2.27. The van der Waals surface area contributed by atoms with E-state index >= 15 is 0 Å². The number of carbonyl (C=O) groups is 1. The molecular weight excluding hydrogens is 449 g/mol. The second kappa shape index (κ2) is 8.44. The van der Waals surface area contributed by atoms with Gasteiger partial charge in [0.15, 0.2) is 0 Å². The number of carbonyl (C=O) groups excluding carboxylic acids is 1. The third kappa shape index (κ3) is 5.72. The second-order valence-corrected chi connectivity index (χ2v) is 7.09. The van der Waals surface area contributed by atoms with Crippen molar-refractivity contribution in [3.8, 4) is 11.4 Å². The first kappa shape index (κ1) is 21.2. The zero-order chi connectivity index (χ0) is 21.2. The van der Waals surface area contributed by atoms with Gasteiger partial charge in [0.2, 0.25) is 0 Å². The van der Waals surface area contributed by atoms with Gasteiger partial charge < -0.3 is 10.1 Å². The van der Waals surface area contributed by atoms with Crippen molar-refractivity contribution >= 4 is 52.3 Å². The number of hydrogen-bond donors (Lipinski definition) is 2. The van der Waals surface area contributed by atoms with Gasteiger partial charge in [0.25, 0.3) is 0 Å². The van der Waals surface area contributed by atoms with E-state index in [1.165, 1.54) is 35.0 Å². The fraction of sp³-hybridized carbons (Fsp3) is 0.111. The average Bonchev–Trinajstić information content (AvgIpc) is 2.97. The maximum Gasteiger partial charge on any atom is 0.487 e. The summed E-state index contributed by atoms with van der Waals surface area (Å²) in [5.74, 6) is 0.237. The van der Waals surface area contributed by atoms with Crippen molar-refractivity contribution in [1.82, 2.24) is 9.78 Å². The molecule has 1 heterocycles. The number of alkyl halides is 3. The number of nitrogens with one attached hydrogen (secondary N) is 2. The zero-order valence-corrected chi connectivity index (χ0v) is 17.0. The summed E-state index contributed by atoms with van der Waals surface area (Å²) in [4.78, 5) is 12.3. The minimum Gasteiger partial charge on any atom is -0.420 e. The molecule has 0 saturated heterocycles. The highest BCUT2D eigenvalue weighted by atomic mass is 35.5. The number of amides is 2. The fourth-order valence-electron chi connectivity index (χ4n) is 2.43. The van der Waals surface area contributed by atoms with Gasteiger partial charge in [0, 0.05) is 23.4 Å². The predicted octanol–water partition coefficient (Wildman–Crippen LogP) is 6.30. The third-order valence-corrected chi connectivity index (χ3v) is 4.38. The molecule has 0 fully saturated rings. The molecule has 0 unspecified atom stereocenters. The van der Waals surface area contributed by atoms with Crippen LogP contribution >= 0.6 is 34.8 Å². The molecule has 2 aromatic carbocycles. The van der Waals surface area contributed by atoms with Crippen LogP contribution in [-0.4, -0.2) is 21.4 Å². The Morgan fingerprint density at radius 1 is 1.07 bits per heavy atom. The number of anilines is 2. The molecule has 0 saturated carbocycles. The quantitative estimate of drug-likeness (QED) is 0.438. The molecule has 152 valence electrons. The minimum absolute atomic E-state index is 0.121. The lowest BCUT2D eigenvalue weighted by Gasteiger charge is -2.12. The zero-order valence-electron chi connectivity index (χ0n) is 14.7. The van der Waals surface area contributed by atoms with Gasteiger partial charge in [0.05, 0.1) is 21.4 Å². The van der Waals surface area contributed by atoms with E-state index in [-0.39, 0.29) is 5.75 Å². The second-order valence-electron chi connectivity index (χ2n) is 5.83. The van der Waals surface area contributed by atoms with Crippen molar-refractivity contribution in [2.75, 3.05) is 10.6 Å². The number of aromatic nitrogens is 2. The van der Waals surface area contributed by atoms with Crippen molar-refractivity contribution < 1.29 is 18.3 Å². The number of ether oxygens (including phenoxy) is 1. The summed E-state index contributed by atoms with van der Waals surface area (Å²) in [5, 5.41) is 10.3. The molecule has 3 rings (SSSR count). The molecule has 2 amide bonds. The van der Waals surface area contributed by atoms with Crippen LogP contribution in [0.5, 0.6) is 5.75 Å². The Hall–Kier alpha value is -2.55. The van der Waals surface area contributed by atoms with Crippen LogP contribution in [0, 0.1) is 6.92 Å². The van der Waals surface area contributed by atoms with E-state index in [2.05, 4.69) is 20.5 Å². The molecule has 0 aliphatic heterocycles. The van der Waals surface area contributed by atoms with Gasteiger partial charge in [-0.05, 0) is 49.4 Å². The van der Waals surface area contributed by atoms with E-state index in [0.717, 1.165) is 0 Å². The van der Waals surface area contributed by atoms with Crippen LogP contribution in [0.2, 0.25) is 10.0 Å². The monoisotopic (exact) mass is 460 g/mol. The number of halogens is 5. The average molecular weight is 462 g/mol. The molecule has 0 atom stereocenters. The van der Waals surface area contributed by atoms with E-state index in [9.17, 15) is 13.6 Å². The summed E-state index contributed by atoms with van der Waals surface area (Å²) in [6.07, 6.45) is 0. The lowest BCUT2D eigenvalue weighted by atomic mass is 10.3. The summed E-state index contributed by atoms with van der Waals surface area (Å²) in [7, 11) is 0. The van der Waals surface area contributed by atoms with Crippen molar-refractivity contribution in [2.45, 2.75) is 12.5 Å². The Bertz CT molecular complexity index is 1040. The van der Waals surface area contributed by atoms with Gasteiger partial charge in [-0.15, -0.1) is 8.78 Å². The lowest BCUT2D eigenvalue weighted by Crippen LogP contribution is -2.21. The number of hydrogen-bond acceptors (Lipinski definition) is 3. The summed E-state index contributed by atoms with van der Waals surface area (Å²) >= 11 is 16.5. The van der Waals surface area contributed by atoms with Crippen LogP contribution in [0.1, 0.15) is 5.69 Å². The number of aryl methyl sites for hydroxylation is 1. The number of rotatable bonds is 5. The first-order valence-corrected chi connectivity index (χ1v) is 9.20. The standard InChI is InChI=1S/C18H13Cl3F2N4O2/c1-10-8-16(25-17(28)24-11-2-7-14(19)15(20)9-11)27(26-10)12-3-5-13(6-4-12)29-18(21,22)23/h2-9H,1H3,(H2,24,25,28). The van der Waals surface area contributed by atoms with Crippen LogP contribution < -0.4 is 15.4 Å². The molecule has 0 aliphatic rings. The molecule has 0 bridgehead atoms.